The summed E-state index contributed by atoms with van der Waals surface area (Å²) in [5.41, 5.74) is 5.88. The van der Waals surface area contributed by atoms with Crippen molar-refractivity contribution in [3.8, 4) is 0 Å². The van der Waals surface area contributed by atoms with Gasteiger partial charge < -0.3 is 4.74 Å². The van der Waals surface area contributed by atoms with Crippen LogP contribution in [0.1, 0.15) is 60.4 Å². The molecule has 2 heteroatoms. The largest absolute Gasteiger partial charge is 0.463 e. The van der Waals surface area contributed by atoms with E-state index in [0.29, 0.717) is 6.61 Å². The number of rotatable bonds is 8. The number of aryl methyl sites for hydroxylation is 2. The van der Waals surface area contributed by atoms with Crippen molar-refractivity contribution in [2.24, 2.45) is 0 Å². The van der Waals surface area contributed by atoms with E-state index in [1.807, 2.05) is 6.08 Å². The highest BCUT2D eigenvalue weighted by Gasteiger charge is 2.07. The molecule has 0 N–H and O–H groups in total. The van der Waals surface area contributed by atoms with Crippen molar-refractivity contribution in [3.05, 3.63) is 82.4 Å². The summed E-state index contributed by atoms with van der Waals surface area (Å²) in [6.45, 7) is 8.89. The zero-order valence-electron chi connectivity index (χ0n) is 16.9. The molecule has 0 heterocycles. The van der Waals surface area contributed by atoms with Crippen molar-refractivity contribution in [2.45, 2.75) is 46.5 Å². The predicted octanol–water partition coefficient (Wildman–Crippen LogP) is 6.48. The Balaban J connectivity index is 2.13. The number of benzene rings is 2. The maximum absolute atomic E-state index is 11.9. The number of esters is 1. The number of unbranched alkanes of at least 4 members (excludes halogenated alkanes) is 1. The smallest absolute Gasteiger partial charge is 0.330 e. The number of allylic oxidation sites excluding steroid dienone is 1. The van der Waals surface area contributed by atoms with Crippen LogP contribution in [0.5, 0.6) is 0 Å². The van der Waals surface area contributed by atoms with E-state index in [1.165, 1.54) is 28.3 Å². The molecule has 0 aromatic heterocycles. The number of carbonyl (C=O) groups excluding carboxylic acids is 1. The maximum Gasteiger partial charge on any atom is 0.330 e. The van der Waals surface area contributed by atoms with Crippen LogP contribution < -0.4 is 0 Å². The van der Waals surface area contributed by atoms with Gasteiger partial charge in [0.05, 0.1) is 6.61 Å². The van der Waals surface area contributed by atoms with E-state index in [0.717, 1.165) is 18.4 Å². The third-order valence-corrected chi connectivity index (χ3v) is 4.53. The summed E-state index contributed by atoms with van der Waals surface area (Å²) < 4.78 is 5.21. The molecule has 2 aromatic rings. The molecule has 0 fully saturated rings. The average Bonchev–Trinajstić information content (AvgIpc) is 2.66. The molecule has 0 aliphatic rings. The molecule has 2 aromatic carbocycles. The van der Waals surface area contributed by atoms with E-state index in [1.54, 1.807) is 0 Å². The Hall–Kier alpha value is -2.61. The van der Waals surface area contributed by atoms with E-state index in [4.69, 9.17) is 4.74 Å². The van der Waals surface area contributed by atoms with Crippen molar-refractivity contribution in [1.82, 2.24) is 0 Å². The van der Waals surface area contributed by atoms with Crippen LogP contribution in [0.3, 0.4) is 0 Å². The van der Waals surface area contributed by atoms with Gasteiger partial charge in [-0.2, -0.15) is 0 Å². The molecule has 27 heavy (non-hydrogen) atoms. The van der Waals surface area contributed by atoms with Crippen molar-refractivity contribution >= 4 is 18.1 Å². The van der Waals surface area contributed by atoms with E-state index >= 15 is 0 Å². The molecule has 0 aliphatic heterocycles. The van der Waals surface area contributed by atoms with Gasteiger partial charge in [-0.05, 0) is 49.0 Å². The van der Waals surface area contributed by atoms with E-state index in [9.17, 15) is 4.79 Å². The van der Waals surface area contributed by atoms with Gasteiger partial charge >= 0.3 is 5.97 Å². The molecule has 0 bridgehead atoms. The fraction of sp³-hybridized carbons (Fsp3) is 0.320. The highest BCUT2D eigenvalue weighted by molar-refractivity contribution is 5.87. The van der Waals surface area contributed by atoms with Crippen LogP contribution in [0.2, 0.25) is 0 Å². The monoisotopic (exact) mass is 362 g/mol. The Morgan fingerprint density at radius 3 is 2.44 bits per heavy atom. The molecule has 2 nitrogen and oxygen atoms in total. The Kier molecular flexibility index (Phi) is 8.06. The molecule has 1 atom stereocenters. The Morgan fingerprint density at radius 1 is 1.04 bits per heavy atom. The second-order valence-electron chi connectivity index (χ2n) is 7.05. The molecular weight excluding hydrogens is 332 g/mol. The van der Waals surface area contributed by atoms with Crippen LogP contribution in [0.4, 0.5) is 0 Å². The molecule has 1 unspecified atom stereocenters. The number of hydrogen-bond donors (Lipinski definition) is 0. The molecule has 0 saturated heterocycles. The van der Waals surface area contributed by atoms with Gasteiger partial charge in [-0.25, -0.2) is 4.79 Å². The zero-order valence-corrected chi connectivity index (χ0v) is 16.9. The molecule has 0 radical (unpaired) electrons. The lowest BCUT2D eigenvalue weighted by Crippen LogP contribution is -2.02. The topological polar surface area (TPSA) is 26.3 Å². The van der Waals surface area contributed by atoms with E-state index < -0.39 is 0 Å². The first-order valence-electron chi connectivity index (χ1n) is 9.70. The summed E-state index contributed by atoms with van der Waals surface area (Å²) in [6, 6.07) is 14.9. The summed E-state index contributed by atoms with van der Waals surface area (Å²) in [5, 5.41) is 0. The zero-order chi connectivity index (χ0) is 19.6. The highest BCUT2D eigenvalue weighted by atomic mass is 16.5. The third kappa shape index (κ3) is 6.90. The van der Waals surface area contributed by atoms with Crippen molar-refractivity contribution in [2.75, 3.05) is 6.61 Å². The number of carbonyl (C=O) groups is 1. The van der Waals surface area contributed by atoms with Gasteiger partial charge in [0.25, 0.3) is 0 Å². The Morgan fingerprint density at radius 2 is 1.74 bits per heavy atom. The van der Waals surface area contributed by atoms with Crippen LogP contribution in [-0.2, 0) is 9.53 Å². The van der Waals surface area contributed by atoms with Gasteiger partial charge in [0.15, 0.2) is 0 Å². The van der Waals surface area contributed by atoms with Crippen molar-refractivity contribution < 1.29 is 9.53 Å². The van der Waals surface area contributed by atoms with Crippen LogP contribution >= 0.6 is 0 Å². The van der Waals surface area contributed by atoms with Gasteiger partial charge in [-0.3, -0.25) is 0 Å². The van der Waals surface area contributed by atoms with Crippen LogP contribution in [0, 0.1) is 13.8 Å². The van der Waals surface area contributed by atoms with Crippen LogP contribution in [0.15, 0.2) is 54.6 Å². The average molecular weight is 363 g/mol. The standard InChI is InChI=1S/C25H30O2/c1-5-6-17-27-25(26)16-14-23-18-20(3)9-15-24(23)21(4)10-13-22-11-7-19(2)8-12-22/h7-16,18,21H,5-6,17H2,1-4H3/b13-10+,16-14+. The number of hydrogen-bond acceptors (Lipinski definition) is 2. The number of ether oxygens (including phenoxy) is 1. The summed E-state index contributed by atoms with van der Waals surface area (Å²) in [5.74, 6) is -0.0404. The van der Waals surface area contributed by atoms with Gasteiger partial charge in [0.2, 0.25) is 0 Å². The third-order valence-electron chi connectivity index (χ3n) is 4.53. The summed E-state index contributed by atoms with van der Waals surface area (Å²) in [6.07, 6.45) is 9.67. The maximum atomic E-state index is 11.9. The molecular formula is C25H30O2. The van der Waals surface area contributed by atoms with Gasteiger partial charge in [0, 0.05) is 6.08 Å². The normalized spacial score (nSPS) is 12.6. The highest BCUT2D eigenvalue weighted by Crippen LogP contribution is 2.24. The predicted molar refractivity (Wildman–Crippen MR) is 115 cm³/mol. The Labute approximate surface area is 163 Å². The fourth-order valence-corrected chi connectivity index (χ4v) is 2.81. The minimum Gasteiger partial charge on any atom is -0.463 e. The lowest BCUT2D eigenvalue weighted by atomic mass is 9.93. The SMILES string of the molecule is CCCCOC(=O)/C=C/c1cc(C)ccc1C(C)/C=C/c1ccc(C)cc1. The quantitative estimate of drug-likeness (QED) is 0.305. The molecule has 0 amide bonds. The second-order valence-corrected chi connectivity index (χ2v) is 7.05. The molecule has 0 saturated carbocycles. The molecule has 0 spiro atoms. The molecule has 0 aliphatic carbocycles. The fourth-order valence-electron chi connectivity index (χ4n) is 2.81. The van der Waals surface area contributed by atoms with E-state index in [-0.39, 0.29) is 11.9 Å². The van der Waals surface area contributed by atoms with E-state index in [2.05, 4.69) is 82.3 Å². The lowest BCUT2D eigenvalue weighted by molar-refractivity contribution is -0.137. The first-order valence-corrected chi connectivity index (χ1v) is 9.70. The van der Waals surface area contributed by atoms with Gasteiger partial charge in [0.1, 0.15) is 0 Å². The van der Waals surface area contributed by atoms with Gasteiger partial charge in [-0.1, -0.05) is 86.0 Å². The minimum absolute atomic E-state index is 0.239. The lowest BCUT2D eigenvalue weighted by Gasteiger charge is -2.12. The Bertz CT molecular complexity index is 798. The minimum atomic E-state index is -0.279. The summed E-state index contributed by atoms with van der Waals surface area (Å²) in [4.78, 5) is 11.9. The van der Waals surface area contributed by atoms with Crippen LogP contribution in [0.25, 0.3) is 12.2 Å². The van der Waals surface area contributed by atoms with Crippen LogP contribution in [-0.4, -0.2) is 12.6 Å². The van der Waals surface area contributed by atoms with Crippen molar-refractivity contribution in [1.29, 1.82) is 0 Å². The first-order chi connectivity index (χ1) is 13.0. The van der Waals surface area contributed by atoms with Gasteiger partial charge in [-0.15, -0.1) is 0 Å². The molecule has 2 rings (SSSR count). The summed E-state index contributed by atoms with van der Waals surface area (Å²) >= 11 is 0. The summed E-state index contributed by atoms with van der Waals surface area (Å²) in [7, 11) is 0. The molecule has 142 valence electrons. The first kappa shape index (κ1) is 20.7. The van der Waals surface area contributed by atoms with Crippen molar-refractivity contribution in [3.63, 3.8) is 0 Å². The second kappa shape index (κ2) is 10.5.